The van der Waals surface area contributed by atoms with E-state index in [9.17, 15) is 4.79 Å². The van der Waals surface area contributed by atoms with Crippen LogP contribution in [0.3, 0.4) is 0 Å². The molecule has 5 nitrogen and oxygen atoms in total. The maximum absolute atomic E-state index is 11.4. The Kier molecular flexibility index (Phi) is 3.74. The molecular formula is C13H16N4O. The maximum atomic E-state index is 11.4. The minimum absolute atomic E-state index is 0.421. The van der Waals surface area contributed by atoms with E-state index in [2.05, 4.69) is 15.6 Å². The lowest BCUT2D eigenvalue weighted by Gasteiger charge is -2.12. The fraction of sp³-hybridized carbons (Fsp3) is 0.231. The highest BCUT2D eigenvalue weighted by atomic mass is 16.1. The van der Waals surface area contributed by atoms with Crippen molar-refractivity contribution in [3.8, 4) is 0 Å². The van der Waals surface area contributed by atoms with Crippen LogP contribution in [0.4, 0.5) is 5.69 Å². The Bertz CT molecular complexity index is 568. The Hall–Kier alpha value is -2.14. The molecule has 2 rings (SSSR count). The quantitative estimate of drug-likeness (QED) is 0.684. The van der Waals surface area contributed by atoms with Crippen molar-refractivity contribution in [3.63, 3.8) is 0 Å². The van der Waals surface area contributed by atoms with E-state index in [1.54, 1.807) is 0 Å². The molecule has 5 heteroatoms. The number of nitrogens with two attached hydrogens (primary N) is 1. The molecule has 1 heterocycles. The summed E-state index contributed by atoms with van der Waals surface area (Å²) in [7, 11) is 1.88. The standard InChI is InChI=1S/C13H16N4O/c1-15-6-7-16-12-9-4-2-3-5-11(9)17-8-10(12)13(14)18/h2-5,8,15H,6-7H2,1H3,(H2,14,18)(H,16,17). The number of amides is 1. The number of carbonyl (C=O) groups excluding carboxylic acids is 1. The molecule has 4 N–H and O–H groups in total. The summed E-state index contributed by atoms with van der Waals surface area (Å²) in [5, 5.41) is 7.18. The van der Waals surface area contributed by atoms with Gasteiger partial charge in [0.2, 0.25) is 0 Å². The summed E-state index contributed by atoms with van der Waals surface area (Å²) >= 11 is 0. The number of nitrogens with one attached hydrogen (secondary N) is 2. The monoisotopic (exact) mass is 244 g/mol. The van der Waals surface area contributed by atoms with Gasteiger partial charge in [0.25, 0.3) is 5.91 Å². The molecule has 1 amide bonds. The molecular weight excluding hydrogens is 228 g/mol. The predicted molar refractivity (Wildman–Crippen MR) is 72.7 cm³/mol. The molecule has 0 atom stereocenters. The van der Waals surface area contributed by atoms with Gasteiger partial charge >= 0.3 is 0 Å². The molecule has 2 aromatic rings. The zero-order chi connectivity index (χ0) is 13.0. The molecule has 0 saturated carbocycles. The van der Waals surface area contributed by atoms with E-state index >= 15 is 0 Å². The summed E-state index contributed by atoms with van der Waals surface area (Å²) in [5.74, 6) is -0.472. The Labute approximate surface area is 105 Å². The number of para-hydroxylation sites is 1. The number of primary amides is 1. The highest BCUT2D eigenvalue weighted by molar-refractivity contribution is 6.06. The topological polar surface area (TPSA) is 80.0 Å². The molecule has 1 aromatic heterocycles. The zero-order valence-electron chi connectivity index (χ0n) is 10.2. The maximum Gasteiger partial charge on any atom is 0.252 e. The number of anilines is 1. The van der Waals surface area contributed by atoms with Gasteiger partial charge < -0.3 is 16.4 Å². The highest BCUT2D eigenvalue weighted by Gasteiger charge is 2.12. The van der Waals surface area contributed by atoms with Crippen molar-refractivity contribution in [2.75, 3.05) is 25.5 Å². The first kappa shape index (κ1) is 12.3. The van der Waals surface area contributed by atoms with Gasteiger partial charge in [0.05, 0.1) is 16.8 Å². The molecule has 0 unspecified atom stereocenters. The second kappa shape index (κ2) is 5.46. The molecule has 94 valence electrons. The Morgan fingerprint density at radius 1 is 1.33 bits per heavy atom. The number of pyridine rings is 1. The first-order chi connectivity index (χ1) is 8.74. The molecule has 0 spiro atoms. The number of aromatic nitrogens is 1. The third-order valence-corrected chi connectivity index (χ3v) is 2.72. The molecule has 0 radical (unpaired) electrons. The van der Waals surface area contributed by atoms with E-state index in [1.165, 1.54) is 6.20 Å². The number of likely N-dealkylation sites (N-methyl/N-ethyl adjacent to an activating group) is 1. The summed E-state index contributed by atoms with van der Waals surface area (Å²) in [6.45, 7) is 1.51. The predicted octanol–water partition coefficient (Wildman–Crippen LogP) is 0.965. The van der Waals surface area contributed by atoms with E-state index in [0.717, 1.165) is 23.1 Å². The van der Waals surface area contributed by atoms with E-state index < -0.39 is 5.91 Å². The molecule has 0 aliphatic rings. The zero-order valence-corrected chi connectivity index (χ0v) is 10.2. The van der Waals surface area contributed by atoms with Gasteiger partial charge in [-0.3, -0.25) is 9.78 Å². The fourth-order valence-corrected chi connectivity index (χ4v) is 1.83. The average Bonchev–Trinajstić information content (AvgIpc) is 2.38. The summed E-state index contributed by atoms with van der Waals surface area (Å²) < 4.78 is 0. The van der Waals surface area contributed by atoms with E-state index in [0.29, 0.717) is 12.1 Å². The fourth-order valence-electron chi connectivity index (χ4n) is 1.83. The van der Waals surface area contributed by atoms with Gasteiger partial charge in [0, 0.05) is 24.7 Å². The van der Waals surface area contributed by atoms with Gasteiger partial charge in [-0.1, -0.05) is 18.2 Å². The average molecular weight is 244 g/mol. The largest absolute Gasteiger partial charge is 0.383 e. The van der Waals surface area contributed by atoms with Crippen molar-refractivity contribution in [1.82, 2.24) is 10.3 Å². The van der Waals surface area contributed by atoms with Crippen LogP contribution in [0, 0.1) is 0 Å². The lowest BCUT2D eigenvalue weighted by atomic mass is 10.1. The van der Waals surface area contributed by atoms with E-state index in [-0.39, 0.29) is 0 Å². The molecule has 0 aliphatic heterocycles. The minimum Gasteiger partial charge on any atom is -0.383 e. The minimum atomic E-state index is -0.472. The Balaban J connectivity index is 2.48. The van der Waals surface area contributed by atoms with Gasteiger partial charge in [-0.2, -0.15) is 0 Å². The number of carbonyl (C=O) groups is 1. The van der Waals surface area contributed by atoms with E-state index in [4.69, 9.17) is 5.73 Å². The van der Waals surface area contributed by atoms with Crippen molar-refractivity contribution in [2.45, 2.75) is 0 Å². The number of hydrogen-bond acceptors (Lipinski definition) is 4. The third kappa shape index (κ3) is 2.41. The first-order valence-corrected chi connectivity index (χ1v) is 5.80. The highest BCUT2D eigenvalue weighted by Crippen LogP contribution is 2.25. The van der Waals surface area contributed by atoms with Crippen molar-refractivity contribution in [3.05, 3.63) is 36.0 Å². The SMILES string of the molecule is CNCCNc1c(C(N)=O)cnc2ccccc12. The van der Waals surface area contributed by atoms with Crippen LogP contribution in [-0.2, 0) is 0 Å². The second-order valence-corrected chi connectivity index (χ2v) is 3.96. The smallest absolute Gasteiger partial charge is 0.252 e. The molecule has 1 aromatic carbocycles. The normalized spacial score (nSPS) is 10.5. The number of rotatable bonds is 5. The molecule has 0 bridgehead atoms. The van der Waals surface area contributed by atoms with Crippen molar-refractivity contribution in [1.29, 1.82) is 0 Å². The second-order valence-electron chi connectivity index (χ2n) is 3.96. The number of hydrogen-bond donors (Lipinski definition) is 3. The van der Waals surface area contributed by atoms with Crippen LogP contribution in [0.1, 0.15) is 10.4 Å². The van der Waals surface area contributed by atoms with Crippen molar-refractivity contribution >= 4 is 22.5 Å². The number of benzene rings is 1. The van der Waals surface area contributed by atoms with Crippen LogP contribution in [0.25, 0.3) is 10.9 Å². The van der Waals surface area contributed by atoms with Crippen molar-refractivity contribution < 1.29 is 4.79 Å². The van der Waals surface area contributed by atoms with Crippen LogP contribution in [0.2, 0.25) is 0 Å². The number of nitrogens with zero attached hydrogens (tertiary/aromatic N) is 1. The van der Waals surface area contributed by atoms with Crippen molar-refractivity contribution in [2.24, 2.45) is 5.73 Å². The third-order valence-electron chi connectivity index (χ3n) is 2.72. The van der Waals surface area contributed by atoms with Crippen LogP contribution in [0.15, 0.2) is 30.5 Å². The lowest BCUT2D eigenvalue weighted by Crippen LogP contribution is -2.21. The van der Waals surface area contributed by atoms with Gasteiger partial charge in [0.15, 0.2) is 0 Å². The summed E-state index contributed by atoms with van der Waals surface area (Å²) in [5.41, 5.74) is 7.39. The van der Waals surface area contributed by atoms with Gasteiger partial charge in [-0.05, 0) is 13.1 Å². The lowest BCUT2D eigenvalue weighted by molar-refractivity contribution is 0.100. The summed E-state index contributed by atoms with van der Waals surface area (Å²) in [6.07, 6.45) is 1.52. The molecule has 0 saturated heterocycles. The molecule has 18 heavy (non-hydrogen) atoms. The summed E-state index contributed by atoms with van der Waals surface area (Å²) in [6, 6.07) is 7.66. The first-order valence-electron chi connectivity index (χ1n) is 5.80. The Morgan fingerprint density at radius 3 is 2.83 bits per heavy atom. The summed E-state index contributed by atoms with van der Waals surface area (Å²) in [4.78, 5) is 15.7. The van der Waals surface area contributed by atoms with Crippen LogP contribution in [-0.4, -0.2) is 31.0 Å². The number of fused-ring (bicyclic) bond motifs is 1. The van der Waals surface area contributed by atoms with Crippen LogP contribution >= 0.6 is 0 Å². The van der Waals surface area contributed by atoms with E-state index in [1.807, 2.05) is 31.3 Å². The molecule has 0 aliphatic carbocycles. The van der Waals surface area contributed by atoms with Gasteiger partial charge in [-0.15, -0.1) is 0 Å². The Morgan fingerprint density at radius 2 is 2.11 bits per heavy atom. The van der Waals surface area contributed by atoms with Crippen LogP contribution in [0.5, 0.6) is 0 Å². The van der Waals surface area contributed by atoms with Gasteiger partial charge in [0.1, 0.15) is 0 Å². The van der Waals surface area contributed by atoms with Gasteiger partial charge in [-0.25, -0.2) is 0 Å². The van der Waals surface area contributed by atoms with Crippen LogP contribution < -0.4 is 16.4 Å². The molecule has 0 fully saturated rings.